The lowest BCUT2D eigenvalue weighted by atomic mass is 9.89. The monoisotopic (exact) mass is 295 g/mol. The molecule has 0 spiro atoms. The molecule has 1 fully saturated rings. The number of benzene rings is 1. The van der Waals surface area contributed by atoms with E-state index in [0.29, 0.717) is 36.6 Å². The molecule has 2 rings (SSSR count). The molecule has 1 saturated heterocycles. The minimum atomic E-state index is -0.846. The number of methoxy groups -OCH3 is 1. The number of imide groups is 1. The van der Waals surface area contributed by atoms with Crippen molar-refractivity contribution in [3.63, 3.8) is 0 Å². The Bertz CT molecular complexity index is 558. The molecule has 0 bridgehead atoms. The molecule has 0 unspecified atom stereocenters. The molecular weight excluding hydrogens is 282 g/mol. The summed E-state index contributed by atoms with van der Waals surface area (Å²) < 4.78 is 5.13. The third-order valence-electron chi connectivity index (χ3n) is 3.34. The van der Waals surface area contributed by atoms with Gasteiger partial charge in [0.25, 0.3) is 0 Å². The molecule has 0 aromatic heterocycles. The Hall–Kier alpha value is -1.88. The summed E-state index contributed by atoms with van der Waals surface area (Å²) in [5.74, 6) is -1.30. The minimum absolute atomic E-state index is 0.270. The molecule has 106 valence electrons. The van der Waals surface area contributed by atoms with E-state index in [1.165, 1.54) is 13.2 Å². The number of carbonyl (C=O) groups excluding carboxylic acids is 3. The van der Waals surface area contributed by atoms with E-state index < -0.39 is 11.8 Å². The number of likely N-dealkylation sites (tertiary alicyclic amines) is 1. The average Bonchev–Trinajstić information content (AvgIpc) is 2.46. The highest BCUT2D eigenvalue weighted by Gasteiger charge is 2.35. The van der Waals surface area contributed by atoms with Crippen molar-refractivity contribution in [3.05, 3.63) is 28.8 Å². The van der Waals surface area contributed by atoms with Crippen molar-refractivity contribution in [2.75, 3.05) is 13.7 Å². The highest BCUT2D eigenvalue weighted by Crippen LogP contribution is 2.28. The van der Waals surface area contributed by atoms with Crippen LogP contribution in [0.1, 0.15) is 23.2 Å². The molecule has 0 N–H and O–H groups in total. The van der Waals surface area contributed by atoms with Crippen LogP contribution in [0, 0.1) is 5.92 Å². The van der Waals surface area contributed by atoms with Crippen molar-refractivity contribution < 1.29 is 19.1 Å². The van der Waals surface area contributed by atoms with Crippen molar-refractivity contribution in [2.24, 2.45) is 5.92 Å². The van der Waals surface area contributed by atoms with Gasteiger partial charge in [0, 0.05) is 11.6 Å². The second kappa shape index (κ2) is 6.05. The summed E-state index contributed by atoms with van der Waals surface area (Å²) in [6, 6.07) is 4.67. The predicted octanol–water partition coefficient (Wildman–Crippen LogP) is 1.93. The van der Waals surface area contributed by atoms with Crippen molar-refractivity contribution in [1.29, 1.82) is 0 Å². The molecule has 1 atom stereocenters. The maximum Gasteiger partial charge on any atom is 0.239 e. The van der Waals surface area contributed by atoms with Crippen LogP contribution < -0.4 is 4.74 Å². The summed E-state index contributed by atoms with van der Waals surface area (Å²) in [4.78, 5) is 36.4. The maximum absolute atomic E-state index is 12.5. The number of hydrogen-bond acceptors (Lipinski definition) is 4. The predicted molar refractivity (Wildman–Crippen MR) is 72.8 cm³/mol. The SMILES string of the molecule is COc1ccc(Cl)cc1C(=O)[C@H]1CCCN(C=O)C1=O. The molecule has 1 aromatic rings. The summed E-state index contributed by atoms with van der Waals surface area (Å²) in [6.07, 6.45) is 1.51. The molecule has 1 aliphatic heterocycles. The van der Waals surface area contributed by atoms with Gasteiger partial charge in [-0.2, -0.15) is 0 Å². The lowest BCUT2D eigenvalue weighted by Crippen LogP contribution is -2.43. The van der Waals surface area contributed by atoms with E-state index in [4.69, 9.17) is 16.3 Å². The Morgan fingerprint density at radius 1 is 1.50 bits per heavy atom. The highest BCUT2D eigenvalue weighted by molar-refractivity contribution is 6.31. The molecule has 1 heterocycles. The second-order valence-corrected chi connectivity index (χ2v) is 4.98. The van der Waals surface area contributed by atoms with Crippen LogP contribution in [0.25, 0.3) is 0 Å². The Balaban J connectivity index is 2.33. The smallest absolute Gasteiger partial charge is 0.239 e. The number of Topliss-reactive ketones (excluding diaryl/α,β-unsaturated/α-hetero) is 1. The summed E-state index contributed by atoms with van der Waals surface area (Å²) in [5.41, 5.74) is 0.270. The lowest BCUT2D eigenvalue weighted by Gasteiger charge is -2.27. The maximum atomic E-state index is 12.5. The van der Waals surface area contributed by atoms with Crippen LogP contribution in [-0.2, 0) is 9.59 Å². The fraction of sp³-hybridized carbons (Fsp3) is 0.357. The fourth-order valence-electron chi connectivity index (χ4n) is 2.31. The Morgan fingerprint density at radius 3 is 2.90 bits per heavy atom. The van der Waals surface area contributed by atoms with Crippen molar-refractivity contribution in [3.8, 4) is 5.75 Å². The van der Waals surface area contributed by atoms with Crippen molar-refractivity contribution >= 4 is 29.7 Å². The molecule has 0 radical (unpaired) electrons. The largest absolute Gasteiger partial charge is 0.496 e. The number of ether oxygens (including phenoxy) is 1. The van der Waals surface area contributed by atoms with Gasteiger partial charge in [-0.25, -0.2) is 0 Å². The number of nitrogens with zero attached hydrogens (tertiary/aromatic N) is 1. The van der Waals surface area contributed by atoms with Gasteiger partial charge in [-0.3, -0.25) is 19.3 Å². The number of amides is 2. The normalized spacial score (nSPS) is 18.8. The molecule has 1 aliphatic rings. The van der Waals surface area contributed by atoms with E-state index >= 15 is 0 Å². The molecule has 0 aliphatic carbocycles. The third kappa shape index (κ3) is 2.67. The number of carbonyl (C=O) groups is 3. The molecule has 5 nitrogen and oxygen atoms in total. The van der Waals surface area contributed by atoms with E-state index in [0.717, 1.165) is 4.90 Å². The highest BCUT2D eigenvalue weighted by atomic mass is 35.5. The Kier molecular flexibility index (Phi) is 4.39. The first-order chi connectivity index (χ1) is 9.58. The van der Waals surface area contributed by atoms with Crippen LogP contribution in [0.2, 0.25) is 5.02 Å². The molecule has 6 heteroatoms. The number of halogens is 1. The van der Waals surface area contributed by atoms with Crippen LogP contribution in [0.4, 0.5) is 0 Å². The van der Waals surface area contributed by atoms with Gasteiger partial charge in [0.05, 0.1) is 12.7 Å². The first-order valence-electron chi connectivity index (χ1n) is 6.22. The Morgan fingerprint density at radius 2 is 2.25 bits per heavy atom. The zero-order valence-electron chi connectivity index (χ0n) is 11.0. The van der Waals surface area contributed by atoms with Gasteiger partial charge in [0.15, 0.2) is 5.78 Å². The molecule has 1 aromatic carbocycles. The van der Waals surface area contributed by atoms with Gasteiger partial charge in [-0.1, -0.05) is 11.6 Å². The van der Waals surface area contributed by atoms with Crippen molar-refractivity contribution in [2.45, 2.75) is 12.8 Å². The number of piperidine rings is 1. The fourth-order valence-corrected chi connectivity index (χ4v) is 2.48. The zero-order chi connectivity index (χ0) is 14.7. The second-order valence-electron chi connectivity index (χ2n) is 4.54. The molecule has 0 saturated carbocycles. The van der Waals surface area contributed by atoms with Crippen LogP contribution in [0.5, 0.6) is 5.75 Å². The number of ketones is 1. The summed E-state index contributed by atoms with van der Waals surface area (Å²) in [6.45, 7) is 0.360. The van der Waals surface area contributed by atoms with Crippen LogP contribution in [0.15, 0.2) is 18.2 Å². The van der Waals surface area contributed by atoms with Crippen LogP contribution >= 0.6 is 11.6 Å². The van der Waals surface area contributed by atoms with E-state index in [1.807, 2.05) is 0 Å². The molecular formula is C14H14ClNO4. The molecule has 2 amide bonds. The molecule has 20 heavy (non-hydrogen) atoms. The summed E-state index contributed by atoms with van der Waals surface area (Å²) in [7, 11) is 1.44. The van der Waals surface area contributed by atoms with Gasteiger partial charge in [0.1, 0.15) is 11.7 Å². The van der Waals surface area contributed by atoms with E-state index in [1.54, 1.807) is 12.1 Å². The van der Waals surface area contributed by atoms with Crippen LogP contribution in [0.3, 0.4) is 0 Å². The van der Waals surface area contributed by atoms with Gasteiger partial charge in [0.2, 0.25) is 12.3 Å². The first kappa shape index (κ1) is 14.5. The van der Waals surface area contributed by atoms with Gasteiger partial charge in [-0.15, -0.1) is 0 Å². The van der Waals surface area contributed by atoms with Gasteiger partial charge < -0.3 is 4.74 Å². The summed E-state index contributed by atoms with van der Waals surface area (Å²) in [5, 5.41) is 0.393. The van der Waals surface area contributed by atoms with E-state index in [9.17, 15) is 14.4 Å². The zero-order valence-corrected chi connectivity index (χ0v) is 11.7. The quantitative estimate of drug-likeness (QED) is 0.484. The van der Waals surface area contributed by atoms with Gasteiger partial charge >= 0.3 is 0 Å². The lowest BCUT2D eigenvalue weighted by molar-refractivity contribution is -0.142. The minimum Gasteiger partial charge on any atom is -0.496 e. The average molecular weight is 296 g/mol. The Labute approximate surface area is 121 Å². The number of hydrogen-bond donors (Lipinski definition) is 0. The standard InChI is InChI=1S/C14H14ClNO4/c1-20-12-5-4-9(15)7-11(12)13(18)10-3-2-6-16(8-17)14(10)19/h4-5,7-8,10H,2-3,6H2,1H3/t10-/m1/s1. The van der Waals surface area contributed by atoms with Crippen molar-refractivity contribution in [1.82, 2.24) is 4.90 Å². The van der Waals surface area contributed by atoms with E-state index in [-0.39, 0.29) is 11.3 Å². The van der Waals surface area contributed by atoms with E-state index in [2.05, 4.69) is 0 Å². The summed E-state index contributed by atoms with van der Waals surface area (Å²) >= 11 is 5.89. The number of rotatable bonds is 4. The third-order valence-corrected chi connectivity index (χ3v) is 3.58. The van der Waals surface area contributed by atoms with Gasteiger partial charge in [-0.05, 0) is 31.0 Å². The van der Waals surface area contributed by atoms with Crippen LogP contribution in [-0.4, -0.2) is 36.7 Å². The first-order valence-corrected chi connectivity index (χ1v) is 6.59. The topological polar surface area (TPSA) is 63.7 Å².